The van der Waals surface area contributed by atoms with Gasteiger partial charge in [0, 0.05) is 19.3 Å². The van der Waals surface area contributed by atoms with Crippen LogP contribution in [0.15, 0.2) is 23.1 Å². The Morgan fingerprint density at radius 3 is 3.00 bits per heavy atom. The predicted molar refractivity (Wildman–Crippen MR) is 71.9 cm³/mol. The Kier molecular flexibility index (Phi) is 3.60. The van der Waals surface area contributed by atoms with Crippen molar-refractivity contribution in [3.05, 3.63) is 23.8 Å². The van der Waals surface area contributed by atoms with Crippen molar-refractivity contribution in [3.8, 4) is 12.3 Å². The number of benzene rings is 1. The Morgan fingerprint density at radius 2 is 2.28 bits per heavy atom. The second-order valence-electron chi connectivity index (χ2n) is 4.31. The Labute approximate surface area is 108 Å². The molecule has 5 heteroatoms. The average Bonchev–Trinajstić information content (AvgIpc) is 2.38. The topological polar surface area (TPSA) is 49.4 Å². The van der Waals surface area contributed by atoms with Crippen molar-refractivity contribution in [2.24, 2.45) is 0 Å². The molecule has 1 aromatic rings. The number of aryl methyl sites for hydroxylation is 1. The number of fused-ring (bicyclic) bond motifs is 1. The first kappa shape index (κ1) is 12.9. The summed E-state index contributed by atoms with van der Waals surface area (Å²) in [6, 6.07) is 5.21. The molecule has 1 aromatic carbocycles. The van der Waals surface area contributed by atoms with Crippen LogP contribution >= 0.6 is 0 Å². The van der Waals surface area contributed by atoms with Gasteiger partial charge in [0.05, 0.1) is 11.4 Å². The zero-order valence-corrected chi connectivity index (χ0v) is 11.1. The van der Waals surface area contributed by atoms with E-state index >= 15 is 0 Å². The fourth-order valence-corrected chi connectivity index (χ4v) is 3.11. The van der Waals surface area contributed by atoms with Crippen LogP contribution in [-0.2, 0) is 16.4 Å². The number of rotatable bonds is 3. The van der Waals surface area contributed by atoms with Crippen molar-refractivity contribution < 1.29 is 8.42 Å². The van der Waals surface area contributed by atoms with E-state index in [9.17, 15) is 8.42 Å². The lowest BCUT2D eigenvalue weighted by Crippen LogP contribution is -2.27. The van der Waals surface area contributed by atoms with Crippen molar-refractivity contribution in [1.29, 1.82) is 0 Å². The molecule has 1 heterocycles. The maximum absolute atomic E-state index is 12.2. The summed E-state index contributed by atoms with van der Waals surface area (Å²) in [4.78, 5) is 0.286. The molecule has 0 fully saturated rings. The van der Waals surface area contributed by atoms with Crippen LogP contribution in [0.3, 0.4) is 0 Å². The maximum Gasteiger partial charge on any atom is 0.243 e. The smallest absolute Gasteiger partial charge is 0.243 e. The van der Waals surface area contributed by atoms with Gasteiger partial charge in [-0.05, 0) is 30.5 Å². The summed E-state index contributed by atoms with van der Waals surface area (Å²) < 4.78 is 25.6. The molecule has 2 rings (SSSR count). The lowest BCUT2D eigenvalue weighted by molar-refractivity contribution is 0.503. The Morgan fingerprint density at radius 1 is 1.50 bits per heavy atom. The monoisotopic (exact) mass is 264 g/mol. The molecule has 4 nitrogen and oxygen atoms in total. The molecule has 0 atom stereocenters. The number of terminal acetylenes is 1. The third-order valence-corrected chi connectivity index (χ3v) is 4.84. The molecule has 0 aromatic heterocycles. The van der Waals surface area contributed by atoms with E-state index in [1.807, 2.05) is 6.07 Å². The van der Waals surface area contributed by atoms with Gasteiger partial charge in [-0.1, -0.05) is 12.0 Å². The number of hydrogen-bond acceptors (Lipinski definition) is 3. The quantitative estimate of drug-likeness (QED) is 0.837. The van der Waals surface area contributed by atoms with Gasteiger partial charge in [0.25, 0.3) is 0 Å². The first-order valence-electron chi connectivity index (χ1n) is 5.82. The highest BCUT2D eigenvalue weighted by Crippen LogP contribution is 2.26. The average molecular weight is 264 g/mol. The molecule has 0 saturated heterocycles. The Balaban J connectivity index is 2.37. The van der Waals surface area contributed by atoms with Gasteiger partial charge in [-0.25, -0.2) is 8.42 Å². The number of nitrogens with one attached hydrogen (secondary N) is 1. The molecular formula is C13H16N2O2S. The van der Waals surface area contributed by atoms with Crippen molar-refractivity contribution in [1.82, 2.24) is 4.31 Å². The minimum absolute atomic E-state index is 0.0762. The lowest BCUT2D eigenvalue weighted by Gasteiger charge is -2.20. The van der Waals surface area contributed by atoms with Crippen LogP contribution in [0.2, 0.25) is 0 Å². The largest absolute Gasteiger partial charge is 0.385 e. The molecule has 0 amide bonds. The molecule has 1 aliphatic rings. The number of sulfonamides is 1. The molecule has 1 aliphatic heterocycles. The molecule has 0 aliphatic carbocycles. The summed E-state index contributed by atoms with van der Waals surface area (Å²) >= 11 is 0. The molecule has 1 N–H and O–H groups in total. The molecule has 0 spiro atoms. The standard InChI is InChI=1S/C13H16N2O2S/c1-3-9-15(2)18(16,17)12-7-6-11-5-4-8-14-13(11)10-12/h1,6-7,10,14H,4-5,8-9H2,2H3. The molecule has 96 valence electrons. The van der Waals surface area contributed by atoms with Crippen molar-refractivity contribution in [2.45, 2.75) is 17.7 Å². The first-order chi connectivity index (χ1) is 8.55. The van der Waals surface area contributed by atoms with Crippen LogP contribution in [-0.4, -0.2) is 32.9 Å². The van der Waals surface area contributed by atoms with Crippen LogP contribution in [0.5, 0.6) is 0 Å². The summed E-state index contributed by atoms with van der Waals surface area (Å²) in [6.45, 7) is 0.962. The van der Waals surface area contributed by atoms with Crippen LogP contribution in [0.25, 0.3) is 0 Å². The summed E-state index contributed by atoms with van der Waals surface area (Å²) in [6.07, 6.45) is 7.21. The Bertz CT molecular complexity index is 587. The number of hydrogen-bond donors (Lipinski definition) is 1. The van der Waals surface area contributed by atoms with Gasteiger partial charge in [0.15, 0.2) is 0 Å². The van der Waals surface area contributed by atoms with Crippen molar-refractivity contribution in [2.75, 3.05) is 25.5 Å². The van der Waals surface area contributed by atoms with Gasteiger partial charge >= 0.3 is 0 Å². The van der Waals surface area contributed by atoms with E-state index in [-0.39, 0.29) is 11.4 Å². The summed E-state index contributed by atoms with van der Waals surface area (Å²) in [5.41, 5.74) is 2.08. The zero-order valence-electron chi connectivity index (χ0n) is 10.3. The molecule has 0 unspecified atom stereocenters. The van der Waals surface area contributed by atoms with Crippen LogP contribution in [0.1, 0.15) is 12.0 Å². The maximum atomic E-state index is 12.2. The normalized spacial score (nSPS) is 14.7. The van der Waals surface area contributed by atoms with Gasteiger partial charge in [-0.3, -0.25) is 0 Å². The molecule has 0 bridgehead atoms. The van der Waals surface area contributed by atoms with E-state index in [1.54, 1.807) is 12.1 Å². The number of nitrogens with zero attached hydrogens (tertiary/aromatic N) is 1. The van der Waals surface area contributed by atoms with Crippen LogP contribution < -0.4 is 5.32 Å². The fourth-order valence-electron chi connectivity index (χ4n) is 1.99. The highest BCUT2D eigenvalue weighted by Gasteiger charge is 2.21. The lowest BCUT2D eigenvalue weighted by atomic mass is 10.0. The predicted octanol–water partition coefficient (Wildman–Crippen LogP) is 1.30. The van der Waals surface area contributed by atoms with Gasteiger partial charge in [-0.2, -0.15) is 4.31 Å². The molecule has 0 saturated carbocycles. The third kappa shape index (κ3) is 2.35. The van der Waals surface area contributed by atoms with Crippen LogP contribution in [0, 0.1) is 12.3 Å². The first-order valence-corrected chi connectivity index (χ1v) is 7.26. The highest BCUT2D eigenvalue weighted by molar-refractivity contribution is 7.89. The van der Waals surface area contributed by atoms with Crippen LogP contribution in [0.4, 0.5) is 5.69 Å². The molecule has 18 heavy (non-hydrogen) atoms. The zero-order chi connectivity index (χ0) is 13.2. The van der Waals surface area contributed by atoms with E-state index in [0.29, 0.717) is 0 Å². The summed E-state index contributed by atoms with van der Waals surface area (Å²) in [5.74, 6) is 2.34. The van der Waals surface area contributed by atoms with Gasteiger partial charge in [-0.15, -0.1) is 6.42 Å². The third-order valence-electron chi connectivity index (χ3n) is 3.04. The van der Waals surface area contributed by atoms with Gasteiger partial charge < -0.3 is 5.32 Å². The van der Waals surface area contributed by atoms with E-state index in [1.165, 1.54) is 16.9 Å². The van der Waals surface area contributed by atoms with E-state index in [0.717, 1.165) is 25.1 Å². The van der Waals surface area contributed by atoms with Gasteiger partial charge in [0.2, 0.25) is 10.0 Å². The van der Waals surface area contributed by atoms with E-state index in [2.05, 4.69) is 11.2 Å². The minimum atomic E-state index is -3.48. The fraction of sp³-hybridized carbons (Fsp3) is 0.385. The number of anilines is 1. The van der Waals surface area contributed by atoms with E-state index < -0.39 is 10.0 Å². The minimum Gasteiger partial charge on any atom is -0.385 e. The second kappa shape index (κ2) is 5.01. The second-order valence-corrected chi connectivity index (χ2v) is 6.36. The Hall–Kier alpha value is -1.51. The van der Waals surface area contributed by atoms with Crippen molar-refractivity contribution in [3.63, 3.8) is 0 Å². The van der Waals surface area contributed by atoms with Crippen molar-refractivity contribution >= 4 is 15.7 Å². The SMILES string of the molecule is C#CCN(C)S(=O)(=O)c1ccc2c(c1)NCCC2. The molecular weight excluding hydrogens is 248 g/mol. The van der Waals surface area contributed by atoms with Gasteiger partial charge in [0.1, 0.15) is 0 Å². The summed E-state index contributed by atoms with van der Waals surface area (Å²) in [7, 11) is -2.00. The molecule has 0 radical (unpaired) electrons. The highest BCUT2D eigenvalue weighted by atomic mass is 32.2. The summed E-state index contributed by atoms with van der Waals surface area (Å²) in [5, 5.41) is 3.22. The van der Waals surface area contributed by atoms with E-state index in [4.69, 9.17) is 6.42 Å².